The number of likely N-dealkylation sites (N-methyl/N-ethyl adjacent to an activating group) is 1. The van der Waals surface area contributed by atoms with Crippen molar-refractivity contribution in [1.29, 1.82) is 0 Å². The lowest BCUT2D eigenvalue weighted by Crippen LogP contribution is -2.54. The van der Waals surface area contributed by atoms with Gasteiger partial charge in [-0.05, 0) is 36.8 Å². The number of carboxylic acid groups (broad SMARTS) is 1. The number of nitrogens with one attached hydrogen (secondary N) is 1. The fraction of sp³-hybridized carbons (Fsp3) is 0.789. The molecule has 3 saturated heterocycles. The summed E-state index contributed by atoms with van der Waals surface area (Å²) in [7, 11) is 1.79. The van der Waals surface area contributed by atoms with E-state index in [0.29, 0.717) is 38.0 Å². The number of rotatable bonds is 7. The molecular formula is C19H30N6O6. The molecule has 4 heterocycles. The van der Waals surface area contributed by atoms with Crippen molar-refractivity contribution in [2.24, 2.45) is 5.92 Å². The Morgan fingerprint density at radius 2 is 1.84 bits per heavy atom. The Balaban J connectivity index is 1.27. The van der Waals surface area contributed by atoms with Gasteiger partial charge >= 0.3 is 17.8 Å². The molecule has 0 radical (unpaired) electrons. The summed E-state index contributed by atoms with van der Waals surface area (Å²) in [6.07, 6.45) is 3.23. The van der Waals surface area contributed by atoms with Crippen LogP contribution in [0.1, 0.15) is 25.7 Å². The van der Waals surface area contributed by atoms with Gasteiger partial charge in [0.25, 0.3) is 0 Å². The van der Waals surface area contributed by atoms with E-state index >= 15 is 0 Å². The third-order valence-corrected chi connectivity index (χ3v) is 6.68. The summed E-state index contributed by atoms with van der Waals surface area (Å²) >= 11 is 0. The molecule has 2 unspecified atom stereocenters. The number of carboxylic acids is 1. The monoisotopic (exact) mass is 438 g/mol. The summed E-state index contributed by atoms with van der Waals surface area (Å²) < 4.78 is 10.3. The van der Waals surface area contributed by atoms with E-state index in [1.54, 1.807) is 11.9 Å². The molecule has 4 rings (SSSR count). The third-order valence-electron chi connectivity index (χ3n) is 6.68. The number of carbonyl (C=O) groups excluding carboxylic acids is 1. The summed E-state index contributed by atoms with van der Waals surface area (Å²) in [6, 6.07) is -0.0107. The zero-order valence-corrected chi connectivity index (χ0v) is 17.7. The van der Waals surface area contributed by atoms with Gasteiger partial charge < -0.3 is 19.6 Å². The topological polar surface area (TPSA) is 135 Å². The normalized spacial score (nSPS) is 26.4. The first kappa shape index (κ1) is 21.6. The molecule has 2 N–H and O–H groups in total. The molecule has 0 saturated carbocycles. The number of hydrogen-bond donors (Lipinski definition) is 2. The molecule has 1 aromatic rings. The van der Waals surface area contributed by atoms with Crippen molar-refractivity contribution in [3.8, 4) is 0 Å². The number of amides is 1. The summed E-state index contributed by atoms with van der Waals surface area (Å²) in [5.74, 6) is -0.340. The Morgan fingerprint density at radius 3 is 2.45 bits per heavy atom. The fourth-order valence-corrected chi connectivity index (χ4v) is 4.81. The van der Waals surface area contributed by atoms with E-state index in [1.807, 2.05) is 9.80 Å². The highest BCUT2D eigenvalue weighted by atomic mass is 16.6. The number of H-pyrrole nitrogens is 1. The number of hydrogen-bond acceptors (Lipinski definition) is 9. The molecule has 3 aliphatic rings. The molecule has 1 amide bonds. The smallest absolute Gasteiger partial charge is 0.440 e. The van der Waals surface area contributed by atoms with Crippen molar-refractivity contribution in [2.45, 2.75) is 38.0 Å². The van der Waals surface area contributed by atoms with Gasteiger partial charge in [0.1, 0.15) is 0 Å². The van der Waals surface area contributed by atoms with Gasteiger partial charge in [0.2, 0.25) is 5.95 Å². The highest BCUT2D eigenvalue weighted by Gasteiger charge is 2.43. The summed E-state index contributed by atoms with van der Waals surface area (Å²) in [5.41, 5.74) is 0. The van der Waals surface area contributed by atoms with Crippen LogP contribution in [0.5, 0.6) is 0 Å². The van der Waals surface area contributed by atoms with Crippen LogP contribution < -0.4 is 10.7 Å². The minimum absolute atomic E-state index is 0.0107. The van der Waals surface area contributed by atoms with Crippen molar-refractivity contribution in [1.82, 2.24) is 24.8 Å². The first-order valence-electron chi connectivity index (χ1n) is 10.8. The average molecular weight is 438 g/mol. The zero-order valence-electron chi connectivity index (χ0n) is 17.7. The summed E-state index contributed by atoms with van der Waals surface area (Å²) in [4.78, 5) is 44.7. The van der Waals surface area contributed by atoms with Gasteiger partial charge in [-0.25, -0.2) is 9.59 Å². The molecule has 0 spiro atoms. The van der Waals surface area contributed by atoms with Crippen LogP contribution in [-0.4, -0.2) is 107 Å². The Labute approximate surface area is 179 Å². The van der Waals surface area contributed by atoms with Crippen LogP contribution in [0.3, 0.4) is 0 Å². The number of nitrogens with zero attached hydrogens (tertiary/aromatic N) is 5. The van der Waals surface area contributed by atoms with Crippen LogP contribution in [0.25, 0.3) is 0 Å². The van der Waals surface area contributed by atoms with Gasteiger partial charge in [-0.15, -0.1) is 0 Å². The van der Waals surface area contributed by atoms with Crippen LogP contribution in [0, 0.1) is 5.92 Å². The number of cyclic esters (lactones) is 1. The van der Waals surface area contributed by atoms with Crippen LogP contribution in [0.4, 0.5) is 10.7 Å². The van der Waals surface area contributed by atoms with Gasteiger partial charge in [-0.2, -0.15) is 0 Å². The van der Waals surface area contributed by atoms with E-state index in [2.05, 4.69) is 19.6 Å². The lowest BCUT2D eigenvalue weighted by molar-refractivity contribution is -0.139. The van der Waals surface area contributed by atoms with Gasteiger partial charge in [-0.1, -0.05) is 0 Å². The second-order valence-electron chi connectivity index (χ2n) is 8.58. The first-order chi connectivity index (χ1) is 14.9. The minimum Gasteiger partial charge on any atom is -0.480 e. The molecular weight excluding hydrogens is 408 g/mol. The largest absolute Gasteiger partial charge is 0.480 e. The Kier molecular flexibility index (Phi) is 6.46. The van der Waals surface area contributed by atoms with Gasteiger partial charge in [0.05, 0.1) is 12.6 Å². The molecule has 31 heavy (non-hydrogen) atoms. The van der Waals surface area contributed by atoms with Gasteiger partial charge in [0, 0.05) is 46.3 Å². The van der Waals surface area contributed by atoms with Crippen molar-refractivity contribution in [3.05, 3.63) is 10.6 Å². The third kappa shape index (κ3) is 5.01. The Hall–Kier alpha value is -2.60. The summed E-state index contributed by atoms with van der Waals surface area (Å²) in [5, 5.41) is 12.7. The Morgan fingerprint density at radius 1 is 1.13 bits per heavy atom. The molecule has 0 aliphatic carbocycles. The molecule has 1 aromatic heterocycles. The van der Waals surface area contributed by atoms with E-state index in [0.717, 1.165) is 38.8 Å². The van der Waals surface area contributed by atoms with Gasteiger partial charge in [0.15, 0.2) is 6.23 Å². The standard InChI is InChI=1S/C19H30N6O6/c1-22-14(3-2-13-4-6-25(7-5-13)17-20-18(28)31-21-17)16(30-19(22)29)24-10-8-23(9-11-24)12-15(26)27/h13-14,16H,2-12H2,1H3,(H,26,27)(H,20,21,28). The number of aromatic amines is 1. The maximum Gasteiger partial charge on any atom is 0.440 e. The van der Waals surface area contributed by atoms with E-state index in [-0.39, 0.29) is 24.9 Å². The summed E-state index contributed by atoms with van der Waals surface area (Å²) in [6.45, 7) is 4.32. The van der Waals surface area contributed by atoms with Crippen LogP contribution >= 0.6 is 0 Å². The minimum atomic E-state index is -0.820. The van der Waals surface area contributed by atoms with Crippen molar-refractivity contribution >= 4 is 18.0 Å². The van der Waals surface area contributed by atoms with E-state index in [9.17, 15) is 14.4 Å². The van der Waals surface area contributed by atoms with Crippen LogP contribution in [0.15, 0.2) is 9.32 Å². The Bertz CT molecular complexity index is 826. The van der Waals surface area contributed by atoms with Crippen LogP contribution in [0.2, 0.25) is 0 Å². The lowest BCUT2D eigenvalue weighted by Gasteiger charge is -2.38. The number of aromatic nitrogens is 2. The van der Waals surface area contributed by atoms with Gasteiger partial charge in [-0.3, -0.25) is 24.1 Å². The van der Waals surface area contributed by atoms with E-state index in [4.69, 9.17) is 9.84 Å². The highest BCUT2D eigenvalue weighted by molar-refractivity contribution is 5.70. The lowest BCUT2D eigenvalue weighted by atomic mass is 9.90. The predicted octanol–water partition coefficient (Wildman–Crippen LogP) is -0.162. The fourth-order valence-electron chi connectivity index (χ4n) is 4.81. The molecule has 3 fully saturated rings. The zero-order chi connectivity index (χ0) is 22.0. The van der Waals surface area contributed by atoms with Crippen molar-refractivity contribution in [2.75, 3.05) is 57.8 Å². The second-order valence-corrected chi connectivity index (χ2v) is 8.58. The van der Waals surface area contributed by atoms with E-state index in [1.165, 1.54) is 0 Å². The van der Waals surface area contributed by atoms with Crippen molar-refractivity contribution < 1.29 is 24.0 Å². The molecule has 0 bridgehead atoms. The number of aliphatic carboxylic acids is 1. The number of ether oxygens (including phenoxy) is 1. The molecule has 172 valence electrons. The maximum atomic E-state index is 12.2. The highest BCUT2D eigenvalue weighted by Crippen LogP contribution is 2.30. The first-order valence-corrected chi connectivity index (χ1v) is 10.8. The SMILES string of the molecule is CN1C(=O)OC(N2CCN(CC(=O)O)CC2)C1CCC1CCN(c2noc(=O)[nH]2)CC1. The maximum absolute atomic E-state index is 12.2. The number of carbonyl (C=O) groups is 2. The molecule has 12 heteroatoms. The second kappa shape index (κ2) is 9.27. The molecule has 12 nitrogen and oxygen atoms in total. The van der Waals surface area contributed by atoms with Crippen molar-refractivity contribution in [3.63, 3.8) is 0 Å². The molecule has 2 atom stereocenters. The molecule has 3 aliphatic heterocycles. The molecule has 0 aromatic carbocycles. The predicted molar refractivity (Wildman–Crippen MR) is 109 cm³/mol. The quantitative estimate of drug-likeness (QED) is 0.591. The average Bonchev–Trinajstić information content (AvgIpc) is 3.31. The van der Waals surface area contributed by atoms with Crippen LogP contribution in [-0.2, 0) is 9.53 Å². The number of piperidine rings is 1. The number of anilines is 1. The van der Waals surface area contributed by atoms with E-state index < -0.39 is 11.7 Å². The number of piperazine rings is 1.